The molecule has 0 radical (unpaired) electrons. The third-order valence-corrected chi connectivity index (χ3v) is 3.85. The number of ether oxygens (including phenoxy) is 1. The van der Waals surface area contributed by atoms with Gasteiger partial charge in [0.05, 0.1) is 19.6 Å². The normalized spacial score (nSPS) is 11.4. The molecule has 1 heterocycles. The van der Waals surface area contributed by atoms with Gasteiger partial charge in [-0.15, -0.1) is 0 Å². The Bertz CT molecular complexity index is 653. The van der Waals surface area contributed by atoms with Crippen LogP contribution in [0.15, 0.2) is 35.7 Å². The van der Waals surface area contributed by atoms with Gasteiger partial charge < -0.3 is 15.5 Å². The van der Waals surface area contributed by atoms with E-state index in [1.165, 1.54) is 19.6 Å². The Morgan fingerprint density at radius 2 is 2.26 bits per heavy atom. The van der Waals surface area contributed by atoms with Crippen LogP contribution < -0.4 is 15.2 Å². The van der Waals surface area contributed by atoms with Gasteiger partial charge in [0, 0.05) is 17.8 Å². The van der Waals surface area contributed by atoms with Crippen LogP contribution in [-0.2, 0) is 16.6 Å². The number of aromatic amines is 1. The third kappa shape index (κ3) is 3.04. The molecule has 0 unspecified atom stereocenters. The van der Waals surface area contributed by atoms with Gasteiger partial charge in [0.2, 0.25) is 0 Å². The highest BCUT2D eigenvalue weighted by molar-refractivity contribution is 7.89. The molecule has 0 saturated carbocycles. The van der Waals surface area contributed by atoms with Gasteiger partial charge in [0.25, 0.3) is 10.0 Å². The van der Waals surface area contributed by atoms with E-state index >= 15 is 0 Å². The molecule has 4 N–H and O–H groups in total. The number of rotatable bonds is 5. The van der Waals surface area contributed by atoms with Gasteiger partial charge in [-0.2, -0.15) is 0 Å². The Balaban J connectivity index is 2.17. The number of H-pyrrole nitrogens is 1. The van der Waals surface area contributed by atoms with E-state index in [4.69, 9.17) is 10.5 Å². The predicted molar refractivity (Wildman–Crippen MR) is 70.0 cm³/mol. The number of nitrogens with one attached hydrogen (secondary N) is 2. The highest BCUT2D eigenvalue weighted by Crippen LogP contribution is 2.21. The molecule has 0 aliphatic heterocycles. The smallest absolute Gasteiger partial charge is 0.257 e. The second-order valence-corrected chi connectivity index (χ2v) is 5.55. The number of hydrogen-bond donors (Lipinski definition) is 3. The number of nitrogens with two attached hydrogens (primary N) is 1. The maximum absolute atomic E-state index is 11.9. The molecular weight excluding hydrogens is 268 g/mol. The topological polar surface area (TPSA) is 110 Å². The largest absolute Gasteiger partial charge is 0.496 e. The Morgan fingerprint density at radius 3 is 2.89 bits per heavy atom. The Morgan fingerprint density at radius 1 is 1.47 bits per heavy atom. The van der Waals surface area contributed by atoms with Crippen LogP contribution in [0.5, 0.6) is 5.75 Å². The lowest BCUT2D eigenvalue weighted by Crippen LogP contribution is -2.23. The van der Waals surface area contributed by atoms with Crippen molar-refractivity contribution in [2.45, 2.75) is 11.6 Å². The predicted octanol–water partition coefficient (Wildman–Crippen LogP) is 0.479. The summed E-state index contributed by atoms with van der Waals surface area (Å²) in [6.45, 7) is 0.0789. The van der Waals surface area contributed by atoms with E-state index < -0.39 is 10.0 Å². The first-order chi connectivity index (χ1) is 9.03. The summed E-state index contributed by atoms with van der Waals surface area (Å²) in [5, 5.41) is 0.00960. The summed E-state index contributed by atoms with van der Waals surface area (Å²) in [4.78, 5) is 6.21. The Kier molecular flexibility index (Phi) is 3.72. The van der Waals surface area contributed by atoms with Crippen LogP contribution in [0.1, 0.15) is 5.56 Å². The van der Waals surface area contributed by atoms with Crippen molar-refractivity contribution in [3.63, 3.8) is 0 Å². The number of imidazole rings is 1. The van der Waals surface area contributed by atoms with Crippen molar-refractivity contribution in [2.75, 3.05) is 12.8 Å². The van der Waals surface area contributed by atoms with Crippen molar-refractivity contribution >= 4 is 15.7 Å². The van der Waals surface area contributed by atoms with E-state index in [1.807, 2.05) is 0 Å². The highest BCUT2D eigenvalue weighted by Gasteiger charge is 2.16. The molecule has 0 saturated heterocycles. The quantitative estimate of drug-likeness (QED) is 0.691. The minimum Gasteiger partial charge on any atom is -0.496 e. The summed E-state index contributed by atoms with van der Waals surface area (Å²) < 4.78 is 31.4. The van der Waals surface area contributed by atoms with Gasteiger partial charge in [0.15, 0.2) is 5.03 Å². The molecule has 1 aromatic heterocycles. The van der Waals surface area contributed by atoms with Crippen LogP contribution in [0.25, 0.3) is 0 Å². The van der Waals surface area contributed by atoms with Crippen LogP contribution in [0.4, 0.5) is 5.69 Å². The first kappa shape index (κ1) is 13.4. The van der Waals surface area contributed by atoms with Gasteiger partial charge in [-0.1, -0.05) is 0 Å². The third-order valence-electron chi connectivity index (χ3n) is 2.52. The van der Waals surface area contributed by atoms with Gasteiger partial charge in [0.1, 0.15) is 5.75 Å². The average molecular weight is 282 g/mol. The molecule has 7 nitrogen and oxygen atoms in total. The summed E-state index contributed by atoms with van der Waals surface area (Å²) >= 11 is 0. The van der Waals surface area contributed by atoms with E-state index in [2.05, 4.69) is 14.7 Å². The lowest BCUT2D eigenvalue weighted by molar-refractivity contribution is 0.409. The molecule has 0 aliphatic carbocycles. The fourth-order valence-electron chi connectivity index (χ4n) is 1.58. The molecule has 2 aromatic rings. The maximum atomic E-state index is 11.9. The second-order valence-electron chi connectivity index (χ2n) is 3.81. The minimum atomic E-state index is -3.62. The van der Waals surface area contributed by atoms with Crippen molar-refractivity contribution in [1.82, 2.24) is 14.7 Å². The second kappa shape index (κ2) is 5.29. The summed E-state index contributed by atoms with van der Waals surface area (Å²) in [5.74, 6) is 0.571. The Labute approximate surface area is 110 Å². The molecule has 0 atom stereocenters. The summed E-state index contributed by atoms with van der Waals surface area (Å²) in [7, 11) is -2.11. The molecule has 0 spiro atoms. The van der Waals surface area contributed by atoms with E-state index in [9.17, 15) is 8.42 Å². The van der Waals surface area contributed by atoms with E-state index in [0.717, 1.165) is 0 Å². The zero-order valence-corrected chi connectivity index (χ0v) is 11.1. The molecular formula is C11H14N4O3S. The minimum absolute atomic E-state index is 0.00960. The first-order valence-electron chi connectivity index (χ1n) is 5.43. The van der Waals surface area contributed by atoms with Crippen LogP contribution in [0.2, 0.25) is 0 Å². The number of benzene rings is 1. The van der Waals surface area contributed by atoms with Crippen LogP contribution in [-0.4, -0.2) is 25.5 Å². The van der Waals surface area contributed by atoms with E-state index in [1.54, 1.807) is 18.2 Å². The maximum Gasteiger partial charge on any atom is 0.257 e. The standard InChI is InChI=1S/C11H14N4O3S/c1-18-10-3-2-9(12)4-8(10)5-15-19(16,17)11-6-13-7-14-11/h2-4,6-7,15H,5,12H2,1H3,(H,13,14). The highest BCUT2D eigenvalue weighted by atomic mass is 32.2. The van der Waals surface area contributed by atoms with Crippen LogP contribution in [0.3, 0.4) is 0 Å². The molecule has 0 fully saturated rings. The molecule has 2 rings (SSSR count). The van der Waals surface area contributed by atoms with Crippen LogP contribution in [0, 0.1) is 0 Å². The number of nitrogen functional groups attached to an aromatic ring is 1. The number of hydrogen-bond acceptors (Lipinski definition) is 5. The monoisotopic (exact) mass is 282 g/mol. The van der Waals surface area contributed by atoms with Crippen molar-refractivity contribution in [3.05, 3.63) is 36.3 Å². The fourth-order valence-corrected chi connectivity index (χ4v) is 2.49. The zero-order chi connectivity index (χ0) is 13.9. The number of nitrogens with zero attached hydrogens (tertiary/aromatic N) is 1. The van der Waals surface area contributed by atoms with Crippen molar-refractivity contribution in [2.24, 2.45) is 0 Å². The van der Waals surface area contributed by atoms with Gasteiger partial charge in [-0.05, 0) is 18.2 Å². The van der Waals surface area contributed by atoms with Crippen molar-refractivity contribution < 1.29 is 13.2 Å². The number of sulfonamides is 1. The van der Waals surface area contributed by atoms with Crippen molar-refractivity contribution in [3.8, 4) is 5.75 Å². The van der Waals surface area contributed by atoms with E-state index in [0.29, 0.717) is 17.0 Å². The molecule has 19 heavy (non-hydrogen) atoms. The van der Waals surface area contributed by atoms with Gasteiger partial charge in [-0.25, -0.2) is 18.1 Å². The molecule has 102 valence electrons. The molecule has 0 amide bonds. The lowest BCUT2D eigenvalue weighted by atomic mass is 10.2. The summed E-state index contributed by atoms with van der Waals surface area (Å²) in [6, 6.07) is 5.04. The molecule has 0 aliphatic rings. The number of anilines is 1. The number of methoxy groups -OCH3 is 1. The van der Waals surface area contributed by atoms with Gasteiger partial charge >= 0.3 is 0 Å². The molecule has 8 heteroatoms. The van der Waals surface area contributed by atoms with Crippen LogP contribution >= 0.6 is 0 Å². The first-order valence-corrected chi connectivity index (χ1v) is 6.91. The summed E-state index contributed by atoms with van der Waals surface area (Å²) in [6.07, 6.45) is 2.54. The number of aromatic nitrogens is 2. The Hall–Kier alpha value is -2.06. The van der Waals surface area contributed by atoms with E-state index in [-0.39, 0.29) is 11.6 Å². The zero-order valence-electron chi connectivity index (χ0n) is 10.3. The van der Waals surface area contributed by atoms with Crippen molar-refractivity contribution in [1.29, 1.82) is 0 Å². The average Bonchev–Trinajstić information content (AvgIpc) is 2.91. The molecule has 0 bridgehead atoms. The lowest BCUT2D eigenvalue weighted by Gasteiger charge is -2.10. The fraction of sp³-hybridized carbons (Fsp3) is 0.182. The SMILES string of the molecule is COc1ccc(N)cc1CNS(=O)(=O)c1cnc[nH]1. The summed E-state index contributed by atoms with van der Waals surface area (Å²) in [5.41, 5.74) is 6.86. The molecule has 1 aromatic carbocycles. The van der Waals surface area contributed by atoms with Gasteiger partial charge in [-0.3, -0.25) is 0 Å².